The van der Waals surface area contributed by atoms with Gasteiger partial charge in [0.2, 0.25) is 0 Å². The van der Waals surface area contributed by atoms with E-state index in [1.807, 2.05) is 6.92 Å². The number of rotatable bonds is 3. The first-order valence-corrected chi connectivity index (χ1v) is 7.02. The number of halogens is 1. The van der Waals surface area contributed by atoms with Crippen LogP contribution in [0.4, 0.5) is 5.82 Å². The first-order valence-electron chi connectivity index (χ1n) is 5.60. The second-order valence-electron chi connectivity index (χ2n) is 4.01. The second-order valence-corrected chi connectivity index (χ2v) is 5.77. The molecule has 1 unspecified atom stereocenters. The zero-order valence-electron chi connectivity index (χ0n) is 9.37. The molecule has 5 heteroatoms. The molecule has 0 amide bonds. The van der Waals surface area contributed by atoms with Gasteiger partial charge >= 0.3 is 0 Å². The summed E-state index contributed by atoms with van der Waals surface area (Å²) < 4.78 is 0. The molecule has 1 aromatic heterocycles. The normalized spacial score (nSPS) is 20.8. The highest BCUT2D eigenvalue weighted by Crippen LogP contribution is 2.26. The monoisotopic (exact) mass is 257 g/mol. The van der Waals surface area contributed by atoms with Gasteiger partial charge in [-0.1, -0.05) is 18.0 Å². The number of aromatic nitrogens is 2. The highest BCUT2D eigenvalue weighted by Gasteiger charge is 2.14. The molecule has 0 spiro atoms. The summed E-state index contributed by atoms with van der Waals surface area (Å²) in [6, 6.07) is 0. The first kappa shape index (κ1) is 12.0. The number of nitrogens with zero attached hydrogens (tertiary/aromatic N) is 2. The number of thioether (sulfide) groups is 1. The molecule has 1 fully saturated rings. The van der Waals surface area contributed by atoms with Crippen LogP contribution in [0, 0.1) is 6.92 Å². The Morgan fingerprint density at radius 1 is 1.50 bits per heavy atom. The van der Waals surface area contributed by atoms with E-state index in [2.05, 4.69) is 27.0 Å². The fourth-order valence-electron chi connectivity index (χ4n) is 1.79. The van der Waals surface area contributed by atoms with Crippen LogP contribution in [0.2, 0.25) is 5.15 Å². The van der Waals surface area contributed by atoms with Crippen molar-refractivity contribution in [2.24, 2.45) is 0 Å². The lowest BCUT2D eigenvalue weighted by molar-refractivity contribution is 0.676. The fraction of sp³-hybridized carbons (Fsp3) is 0.636. The van der Waals surface area contributed by atoms with Crippen LogP contribution < -0.4 is 5.32 Å². The Morgan fingerprint density at radius 3 is 3.12 bits per heavy atom. The molecule has 2 heterocycles. The Bertz CT molecular complexity index is 353. The van der Waals surface area contributed by atoms with Gasteiger partial charge in [0.05, 0.1) is 0 Å². The molecule has 16 heavy (non-hydrogen) atoms. The maximum atomic E-state index is 5.94. The molecule has 1 saturated heterocycles. The molecule has 1 aliphatic heterocycles. The first-order chi connectivity index (χ1) is 7.77. The standard InChI is InChI=1S/C11H16ClN3S/c1-8-10(12)14-7-15-11(8)13-6-9-4-2-3-5-16-9/h7,9H,2-6H2,1H3,(H,13,14,15). The Labute approximate surface area is 105 Å². The Balaban J connectivity index is 1.91. The molecule has 1 N–H and O–H groups in total. The zero-order chi connectivity index (χ0) is 11.4. The summed E-state index contributed by atoms with van der Waals surface area (Å²) in [6.45, 7) is 2.91. The van der Waals surface area contributed by atoms with Gasteiger partial charge in [0.1, 0.15) is 17.3 Å². The highest BCUT2D eigenvalue weighted by molar-refractivity contribution is 7.99. The van der Waals surface area contributed by atoms with E-state index in [4.69, 9.17) is 11.6 Å². The van der Waals surface area contributed by atoms with E-state index in [-0.39, 0.29) is 0 Å². The van der Waals surface area contributed by atoms with E-state index in [0.717, 1.165) is 17.9 Å². The quantitative estimate of drug-likeness (QED) is 0.845. The van der Waals surface area contributed by atoms with Crippen molar-refractivity contribution in [1.82, 2.24) is 9.97 Å². The number of hydrogen-bond acceptors (Lipinski definition) is 4. The lowest BCUT2D eigenvalue weighted by Gasteiger charge is -2.22. The van der Waals surface area contributed by atoms with Crippen molar-refractivity contribution >= 4 is 29.2 Å². The average molecular weight is 258 g/mol. The van der Waals surface area contributed by atoms with E-state index >= 15 is 0 Å². The van der Waals surface area contributed by atoms with Crippen molar-refractivity contribution in [3.63, 3.8) is 0 Å². The van der Waals surface area contributed by atoms with Gasteiger partial charge in [0.15, 0.2) is 0 Å². The SMILES string of the molecule is Cc1c(Cl)ncnc1NCC1CCCCS1. The van der Waals surface area contributed by atoms with Crippen LogP contribution in [-0.2, 0) is 0 Å². The predicted octanol–water partition coefficient (Wildman–Crippen LogP) is 3.14. The largest absolute Gasteiger partial charge is 0.369 e. The summed E-state index contributed by atoms with van der Waals surface area (Å²) in [5.41, 5.74) is 0.935. The summed E-state index contributed by atoms with van der Waals surface area (Å²) in [7, 11) is 0. The third kappa shape index (κ3) is 3.01. The second kappa shape index (κ2) is 5.73. The minimum absolute atomic E-state index is 0.536. The Hall–Kier alpha value is -0.480. The summed E-state index contributed by atoms with van der Waals surface area (Å²) in [5.74, 6) is 2.15. The number of hydrogen-bond donors (Lipinski definition) is 1. The zero-order valence-corrected chi connectivity index (χ0v) is 10.9. The molecule has 3 nitrogen and oxygen atoms in total. The van der Waals surface area contributed by atoms with Crippen LogP contribution in [0.1, 0.15) is 24.8 Å². The van der Waals surface area contributed by atoms with Crippen LogP contribution in [0.15, 0.2) is 6.33 Å². The average Bonchev–Trinajstić information content (AvgIpc) is 2.32. The van der Waals surface area contributed by atoms with E-state index < -0.39 is 0 Å². The van der Waals surface area contributed by atoms with Gasteiger partial charge in [-0.25, -0.2) is 9.97 Å². The van der Waals surface area contributed by atoms with Crippen LogP contribution in [-0.4, -0.2) is 27.5 Å². The number of nitrogens with one attached hydrogen (secondary N) is 1. The molecule has 0 radical (unpaired) electrons. The molecule has 0 aromatic carbocycles. The maximum Gasteiger partial charge on any atom is 0.137 e. The molecule has 88 valence electrons. The van der Waals surface area contributed by atoms with Gasteiger partial charge in [-0.3, -0.25) is 0 Å². The summed E-state index contributed by atoms with van der Waals surface area (Å²) >= 11 is 7.99. The molecule has 0 saturated carbocycles. The summed E-state index contributed by atoms with van der Waals surface area (Å²) in [4.78, 5) is 8.15. The van der Waals surface area contributed by atoms with Gasteiger partial charge in [-0.15, -0.1) is 0 Å². The van der Waals surface area contributed by atoms with Crippen molar-refractivity contribution in [3.8, 4) is 0 Å². The third-order valence-electron chi connectivity index (χ3n) is 2.79. The molecule has 2 rings (SSSR count). The molecule has 1 atom stereocenters. The minimum Gasteiger partial charge on any atom is -0.369 e. The van der Waals surface area contributed by atoms with Crippen molar-refractivity contribution in [1.29, 1.82) is 0 Å². The summed E-state index contributed by atoms with van der Waals surface area (Å²) in [5, 5.41) is 4.61. The van der Waals surface area contributed by atoms with Gasteiger partial charge in [-0.05, 0) is 25.5 Å². The van der Waals surface area contributed by atoms with Gasteiger partial charge in [-0.2, -0.15) is 11.8 Å². The third-order valence-corrected chi connectivity index (χ3v) is 4.57. The van der Waals surface area contributed by atoms with Crippen LogP contribution >= 0.6 is 23.4 Å². The van der Waals surface area contributed by atoms with Crippen molar-refractivity contribution in [2.45, 2.75) is 31.4 Å². The van der Waals surface area contributed by atoms with Crippen molar-refractivity contribution in [2.75, 3.05) is 17.6 Å². The molecule has 0 bridgehead atoms. The molecule has 1 aromatic rings. The van der Waals surface area contributed by atoms with E-state index in [9.17, 15) is 0 Å². The van der Waals surface area contributed by atoms with Crippen molar-refractivity contribution < 1.29 is 0 Å². The van der Waals surface area contributed by atoms with E-state index in [1.54, 1.807) is 0 Å². The predicted molar refractivity (Wildman–Crippen MR) is 70.4 cm³/mol. The highest BCUT2D eigenvalue weighted by atomic mass is 35.5. The van der Waals surface area contributed by atoms with Crippen LogP contribution in [0.3, 0.4) is 0 Å². The van der Waals surface area contributed by atoms with E-state index in [0.29, 0.717) is 10.4 Å². The smallest absolute Gasteiger partial charge is 0.137 e. The molecule has 1 aliphatic rings. The van der Waals surface area contributed by atoms with Crippen molar-refractivity contribution in [3.05, 3.63) is 17.0 Å². The topological polar surface area (TPSA) is 37.8 Å². The fourth-order valence-corrected chi connectivity index (χ4v) is 3.16. The molecular formula is C11H16ClN3S. The number of anilines is 1. The Kier molecular flexibility index (Phi) is 4.29. The van der Waals surface area contributed by atoms with E-state index in [1.165, 1.54) is 31.3 Å². The lowest BCUT2D eigenvalue weighted by Crippen LogP contribution is -2.20. The van der Waals surface area contributed by atoms with Gasteiger partial charge in [0, 0.05) is 17.4 Å². The lowest BCUT2D eigenvalue weighted by atomic mass is 10.2. The molecular weight excluding hydrogens is 242 g/mol. The Morgan fingerprint density at radius 2 is 2.38 bits per heavy atom. The van der Waals surface area contributed by atoms with Gasteiger partial charge < -0.3 is 5.32 Å². The van der Waals surface area contributed by atoms with Gasteiger partial charge in [0.25, 0.3) is 0 Å². The van der Waals surface area contributed by atoms with Crippen LogP contribution in [0.5, 0.6) is 0 Å². The molecule has 0 aliphatic carbocycles. The maximum absolute atomic E-state index is 5.94. The summed E-state index contributed by atoms with van der Waals surface area (Å²) in [6.07, 6.45) is 5.52. The minimum atomic E-state index is 0.536. The van der Waals surface area contributed by atoms with Crippen LogP contribution in [0.25, 0.3) is 0 Å².